The van der Waals surface area contributed by atoms with Gasteiger partial charge in [-0.25, -0.2) is 4.79 Å². The monoisotopic (exact) mass is 179 g/mol. The first-order chi connectivity index (χ1) is 6.20. The first-order valence-corrected chi connectivity index (χ1v) is 3.96. The third-order valence-corrected chi connectivity index (χ3v) is 2.12. The van der Waals surface area contributed by atoms with E-state index in [0.29, 0.717) is 19.4 Å². The van der Waals surface area contributed by atoms with Gasteiger partial charge in [-0.2, -0.15) is 4.98 Å². The zero-order valence-corrected chi connectivity index (χ0v) is 7.20. The normalized spacial score (nSPS) is 15.8. The second-order valence-electron chi connectivity index (χ2n) is 3.17. The van der Waals surface area contributed by atoms with Gasteiger partial charge in [0.2, 0.25) is 0 Å². The molecule has 2 heterocycles. The van der Waals surface area contributed by atoms with E-state index in [4.69, 9.17) is 0 Å². The molecule has 0 atom stereocenters. The summed E-state index contributed by atoms with van der Waals surface area (Å²) in [6, 6.07) is 0. The second-order valence-corrected chi connectivity index (χ2v) is 3.17. The number of rotatable bonds is 1. The van der Waals surface area contributed by atoms with E-state index in [1.165, 1.54) is 0 Å². The van der Waals surface area contributed by atoms with Gasteiger partial charge in [-0.1, -0.05) is 0 Å². The van der Waals surface area contributed by atoms with E-state index >= 15 is 0 Å². The van der Waals surface area contributed by atoms with Crippen LogP contribution in [-0.4, -0.2) is 28.2 Å². The highest BCUT2D eigenvalue weighted by atomic mass is 16.1. The number of hydrogen-bond acceptors (Lipinski definition) is 4. The van der Waals surface area contributed by atoms with Crippen molar-refractivity contribution in [2.75, 3.05) is 7.05 Å². The fourth-order valence-electron chi connectivity index (χ4n) is 1.57. The summed E-state index contributed by atoms with van der Waals surface area (Å²) >= 11 is 0. The predicted molar refractivity (Wildman–Crippen MR) is 45.4 cm³/mol. The van der Waals surface area contributed by atoms with Gasteiger partial charge in [-0.15, -0.1) is 0 Å². The molecular weight excluding hydrogens is 170 g/mol. The molecule has 0 saturated carbocycles. The number of aldehydes is 1. The Kier molecular flexibility index (Phi) is 1.73. The number of H-pyrrole nitrogens is 1. The molecule has 0 amide bonds. The molecule has 1 aliphatic rings. The molecule has 1 aliphatic heterocycles. The molecule has 5 nitrogen and oxygen atoms in total. The van der Waals surface area contributed by atoms with Gasteiger partial charge in [0.05, 0.1) is 0 Å². The summed E-state index contributed by atoms with van der Waals surface area (Å²) in [5.74, 6) is 0. The highest BCUT2D eigenvalue weighted by molar-refractivity contribution is 5.74. The number of nitrogens with one attached hydrogen (secondary N) is 1. The van der Waals surface area contributed by atoms with E-state index in [9.17, 15) is 9.59 Å². The minimum absolute atomic E-state index is 0.267. The maximum atomic E-state index is 11.0. The average Bonchev–Trinajstić information content (AvgIpc) is 2.43. The first-order valence-electron chi connectivity index (χ1n) is 3.96. The van der Waals surface area contributed by atoms with Gasteiger partial charge in [-0.3, -0.25) is 9.69 Å². The molecule has 0 aliphatic carbocycles. The van der Waals surface area contributed by atoms with Crippen LogP contribution in [0.25, 0.3) is 0 Å². The summed E-state index contributed by atoms with van der Waals surface area (Å²) < 4.78 is 0. The average molecular weight is 179 g/mol. The molecule has 0 fully saturated rings. The summed E-state index contributed by atoms with van der Waals surface area (Å²) in [4.78, 5) is 29.8. The van der Waals surface area contributed by atoms with E-state index in [-0.39, 0.29) is 5.69 Å². The van der Waals surface area contributed by atoms with E-state index in [1.54, 1.807) is 0 Å². The lowest BCUT2D eigenvalue weighted by Gasteiger charge is -2.02. The maximum absolute atomic E-state index is 11.0. The molecular formula is C8H9N3O2. The van der Waals surface area contributed by atoms with Gasteiger partial charge in [0, 0.05) is 24.3 Å². The van der Waals surface area contributed by atoms with E-state index in [2.05, 4.69) is 9.97 Å². The second kappa shape index (κ2) is 2.77. The SMILES string of the molecule is CN1Cc2[nH]c(=O)nc(C=O)c2C1. The number of hydrogen-bond donors (Lipinski definition) is 1. The quantitative estimate of drug-likeness (QED) is 0.592. The Hall–Kier alpha value is -1.49. The van der Waals surface area contributed by atoms with Crippen LogP contribution in [0.5, 0.6) is 0 Å². The Bertz CT molecular complexity index is 410. The van der Waals surface area contributed by atoms with Crippen LogP contribution in [-0.2, 0) is 13.1 Å². The van der Waals surface area contributed by atoms with Crippen molar-refractivity contribution in [3.05, 3.63) is 27.4 Å². The Labute approximate surface area is 74.4 Å². The number of aromatic amines is 1. The molecule has 0 bridgehead atoms. The topological polar surface area (TPSA) is 66.1 Å². The minimum atomic E-state index is -0.448. The molecule has 0 unspecified atom stereocenters. The van der Waals surface area contributed by atoms with Gasteiger partial charge in [-0.05, 0) is 7.05 Å². The third-order valence-electron chi connectivity index (χ3n) is 2.12. The predicted octanol–water partition coefficient (Wildman–Crippen LogP) is -0.472. The van der Waals surface area contributed by atoms with Crippen LogP contribution >= 0.6 is 0 Å². The summed E-state index contributed by atoms with van der Waals surface area (Å²) in [5, 5.41) is 0. The molecule has 0 spiro atoms. The molecule has 1 aromatic rings. The maximum Gasteiger partial charge on any atom is 0.345 e. The zero-order chi connectivity index (χ0) is 9.42. The third kappa shape index (κ3) is 1.27. The summed E-state index contributed by atoms with van der Waals surface area (Å²) in [7, 11) is 1.92. The van der Waals surface area contributed by atoms with Crippen molar-refractivity contribution >= 4 is 6.29 Å². The Morgan fingerprint density at radius 2 is 2.31 bits per heavy atom. The Morgan fingerprint density at radius 1 is 1.54 bits per heavy atom. The summed E-state index contributed by atoms with van der Waals surface area (Å²) in [6.07, 6.45) is 0.632. The van der Waals surface area contributed by atoms with Gasteiger partial charge < -0.3 is 4.98 Å². The molecule has 1 N–H and O–H groups in total. The minimum Gasteiger partial charge on any atom is -0.308 e. The molecule has 2 rings (SSSR count). The van der Waals surface area contributed by atoms with Gasteiger partial charge >= 0.3 is 5.69 Å². The zero-order valence-electron chi connectivity index (χ0n) is 7.20. The van der Waals surface area contributed by atoms with E-state index in [1.807, 2.05) is 11.9 Å². The fraction of sp³-hybridized carbons (Fsp3) is 0.375. The number of nitrogens with zero attached hydrogens (tertiary/aromatic N) is 2. The van der Waals surface area contributed by atoms with Crippen LogP contribution in [0.3, 0.4) is 0 Å². The largest absolute Gasteiger partial charge is 0.345 e. The lowest BCUT2D eigenvalue weighted by atomic mass is 10.2. The van der Waals surface area contributed by atoms with E-state index in [0.717, 1.165) is 11.3 Å². The molecule has 13 heavy (non-hydrogen) atoms. The smallest absolute Gasteiger partial charge is 0.308 e. The lowest BCUT2D eigenvalue weighted by molar-refractivity contribution is 0.111. The highest BCUT2D eigenvalue weighted by Gasteiger charge is 2.20. The Morgan fingerprint density at radius 3 is 3.00 bits per heavy atom. The van der Waals surface area contributed by atoms with Crippen LogP contribution in [0, 0.1) is 0 Å². The first kappa shape index (κ1) is 8.12. The number of fused-ring (bicyclic) bond motifs is 1. The fourth-order valence-corrected chi connectivity index (χ4v) is 1.57. The van der Waals surface area contributed by atoms with Crippen LogP contribution in [0.2, 0.25) is 0 Å². The lowest BCUT2D eigenvalue weighted by Crippen LogP contribution is -2.16. The molecule has 0 radical (unpaired) electrons. The van der Waals surface area contributed by atoms with Gasteiger partial charge in [0.15, 0.2) is 6.29 Å². The molecule has 68 valence electrons. The summed E-state index contributed by atoms with van der Waals surface area (Å²) in [6.45, 7) is 1.35. The standard InChI is InChI=1S/C8H9N3O2/c1-11-2-5-6(3-11)9-8(13)10-7(5)4-12/h4H,2-3H2,1H3,(H,9,10,13). The van der Waals surface area contributed by atoms with Crippen molar-refractivity contribution < 1.29 is 4.79 Å². The highest BCUT2D eigenvalue weighted by Crippen LogP contribution is 2.18. The van der Waals surface area contributed by atoms with Crippen molar-refractivity contribution in [3.63, 3.8) is 0 Å². The Balaban J connectivity index is 2.62. The van der Waals surface area contributed by atoms with Crippen molar-refractivity contribution in [1.29, 1.82) is 0 Å². The van der Waals surface area contributed by atoms with Crippen LogP contribution in [0.1, 0.15) is 21.7 Å². The van der Waals surface area contributed by atoms with Gasteiger partial charge in [0.25, 0.3) is 0 Å². The van der Waals surface area contributed by atoms with Crippen molar-refractivity contribution in [2.24, 2.45) is 0 Å². The van der Waals surface area contributed by atoms with Crippen LogP contribution in [0.15, 0.2) is 4.79 Å². The van der Waals surface area contributed by atoms with Crippen LogP contribution < -0.4 is 5.69 Å². The molecule has 0 aromatic carbocycles. The van der Waals surface area contributed by atoms with Gasteiger partial charge in [0.1, 0.15) is 5.69 Å². The van der Waals surface area contributed by atoms with Crippen molar-refractivity contribution in [1.82, 2.24) is 14.9 Å². The molecule has 5 heteroatoms. The van der Waals surface area contributed by atoms with Crippen LogP contribution in [0.4, 0.5) is 0 Å². The molecule has 1 aromatic heterocycles. The van der Waals surface area contributed by atoms with Crippen molar-refractivity contribution in [2.45, 2.75) is 13.1 Å². The number of aromatic nitrogens is 2. The number of carbonyl (C=O) groups is 1. The van der Waals surface area contributed by atoms with Crippen molar-refractivity contribution in [3.8, 4) is 0 Å². The number of carbonyl (C=O) groups excluding carboxylic acids is 1. The summed E-state index contributed by atoms with van der Waals surface area (Å²) in [5.41, 5.74) is 1.47. The van der Waals surface area contributed by atoms with E-state index < -0.39 is 5.69 Å². The molecule has 0 saturated heterocycles.